The quantitative estimate of drug-likeness (QED) is 0.507. The summed E-state index contributed by atoms with van der Waals surface area (Å²) in [6.07, 6.45) is 1.46. The summed E-state index contributed by atoms with van der Waals surface area (Å²) in [7, 11) is 0. The topological polar surface area (TPSA) is 85.1 Å². The SMILES string of the molecule is Cc1sccc1-c1nc2c3ccccc3nc(Nc3ccccnc3=O)n2n1. The third kappa shape index (κ3) is 2.71. The van der Waals surface area contributed by atoms with E-state index in [1.807, 2.05) is 42.6 Å². The van der Waals surface area contributed by atoms with E-state index in [2.05, 4.69) is 20.4 Å². The van der Waals surface area contributed by atoms with Gasteiger partial charge in [-0.3, -0.25) is 4.79 Å². The zero-order chi connectivity index (χ0) is 19.1. The minimum atomic E-state index is -0.373. The van der Waals surface area contributed by atoms with Gasteiger partial charge in [0, 0.05) is 22.0 Å². The summed E-state index contributed by atoms with van der Waals surface area (Å²) >= 11 is 1.65. The Morgan fingerprint density at radius 2 is 1.89 bits per heavy atom. The predicted octanol–water partition coefficient (Wildman–Crippen LogP) is 3.81. The second kappa shape index (κ2) is 6.50. The molecular formula is C20H14N6OS. The van der Waals surface area contributed by atoms with E-state index >= 15 is 0 Å². The van der Waals surface area contributed by atoms with Crippen LogP contribution >= 0.6 is 11.3 Å². The summed E-state index contributed by atoms with van der Waals surface area (Å²) in [5, 5.41) is 10.7. The first-order chi connectivity index (χ1) is 13.7. The summed E-state index contributed by atoms with van der Waals surface area (Å²) in [5.41, 5.74) is 2.37. The Morgan fingerprint density at radius 3 is 2.75 bits per heavy atom. The lowest BCUT2D eigenvalue weighted by Gasteiger charge is -2.07. The molecule has 1 aromatic carbocycles. The van der Waals surface area contributed by atoms with Gasteiger partial charge in [-0.15, -0.1) is 16.4 Å². The molecule has 0 spiro atoms. The fraction of sp³-hybridized carbons (Fsp3) is 0.0500. The van der Waals surface area contributed by atoms with Gasteiger partial charge in [0.15, 0.2) is 11.5 Å². The minimum Gasteiger partial charge on any atom is -0.319 e. The van der Waals surface area contributed by atoms with E-state index in [4.69, 9.17) is 4.98 Å². The highest BCUT2D eigenvalue weighted by atomic mass is 32.1. The Morgan fingerprint density at radius 1 is 1.04 bits per heavy atom. The fourth-order valence-corrected chi connectivity index (χ4v) is 3.73. The zero-order valence-corrected chi connectivity index (χ0v) is 15.6. The summed E-state index contributed by atoms with van der Waals surface area (Å²) < 4.78 is 1.64. The van der Waals surface area contributed by atoms with Crippen molar-refractivity contribution in [2.24, 2.45) is 0 Å². The normalized spacial score (nSPS) is 11.2. The van der Waals surface area contributed by atoms with Crippen molar-refractivity contribution in [3.63, 3.8) is 0 Å². The molecule has 4 aromatic heterocycles. The minimum absolute atomic E-state index is 0.317. The van der Waals surface area contributed by atoms with Crippen LogP contribution in [-0.4, -0.2) is 24.6 Å². The second-order valence-corrected chi connectivity index (χ2v) is 7.31. The van der Waals surface area contributed by atoms with Crippen LogP contribution in [0.3, 0.4) is 0 Å². The molecule has 0 aliphatic heterocycles. The number of anilines is 2. The molecule has 0 unspecified atom stereocenters. The van der Waals surface area contributed by atoms with E-state index in [0.717, 1.165) is 21.3 Å². The third-order valence-corrected chi connectivity index (χ3v) is 5.25. The molecule has 5 rings (SSSR count). The van der Waals surface area contributed by atoms with Crippen molar-refractivity contribution in [3.05, 3.63) is 75.3 Å². The van der Waals surface area contributed by atoms with Crippen LogP contribution in [0.5, 0.6) is 0 Å². The molecule has 28 heavy (non-hydrogen) atoms. The van der Waals surface area contributed by atoms with Crippen molar-refractivity contribution in [3.8, 4) is 11.4 Å². The molecule has 8 heteroatoms. The van der Waals surface area contributed by atoms with Crippen LogP contribution in [0.25, 0.3) is 27.9 Å². The Bertz CT molecular complexity index is 1390. The first kappa shape index (κ1) is 16.5. The first-order valence-electron chi connectivity index (χ1n) is 8.63. The molecule has 0 aliphatic rings. The lowest BCUT2D eigenvalue weighted by molar-refractivity contribution is 0.947. The van der Waals surface area contributed by atoms with E-state index in [0.29, 0.717) is 23.1 Å². The number of nitrogens with one attached hydrogen (secondary N) is 1. The maximum absolute atomic E-state index is 12.2. The number of benzene rings is 1. The number of nitrogens with zero attached hydrogens (tertiary/aromatic N) is 5. The number of aryl methyl sites for hydroxylation is 1. The summed E-state index contributed by atoms with van der Waals surface area (Å²) in [4.78, 5) is 26.6. The van der Waals surface area contributed by atoms with Gasteiger partial charge in [0.05, 0.1) is 5.52 Å². The Hall–Kier alpha value is -3.65. The molecular weight excluding hydrogens is 372 g/mol. The molecule has 0 amide bonds. The smallest absolute Gasteiger partial charge is 0.293 e. The van der Waals surface area contributed by atoms with E-state index in [1.54, 1.807) is 34.1 Å². The van der Waals surface area contributed by atoms with Crippen LogP contribution in [0.4, 0.5) is 11.6 Å². The lowest BCUT2D eigenvalue weighted by Crippen LogP contribution is -2.11. The molecule has 0 atom stereocenters. The number of para-hydroxylation sites is 1. The van der Waals surface area contributed by atoms with Crippen LogP contribution in [0.1, 0.15) is 4.88 Å². The molecule has 0 bridgehead atoms. The van der Waals surface area contributed by atoms with Gasteiger partial charge in [-0.05, 0) is 42.6 Å². The number of fused-ring (bicyclic) bond motifs is 3. The Kier molecular flexibility index (Phi) is 3.84. The van der Waals surface area contributed by atoms with Gasteiger partial charge in [0.2, 0.25) is 5.95 Å². The third-order valence-electron chi connectivity index (χ3n) is 4.41. The summed E-state index contributed by atoms with van der Waals surface area (Å²) in [6.45, 7) is 2.04. The number of rotatable bonds is 3. The molecule has 1 N–H and O–H groups in total. The van der Waals surface area contributed by atoms with Crippen LogP contribution in [0.15, 0.2) is 64.9 Å². The van der Waals surface area contributed by atoms with Crippen molar-refractivity contribution in [2.45, 2.75) is 6.92 Å². The van der Waals surface area contributed by atoms with Crippen molar-refractivity contribution in [2.75, 3.05) is 5.32 Å². The van der Waals surface area contributed by atoms with Crippen molar-refractivity contribution in [1.82, 2.24) is 24.6 Å². The van der Waals surface area contributed by atoms with Gasteiger partial charge in [0.25, 0.3) is 5.56 Å². The largest absolute Gasteiger partial charge is 0.319 e. The van der Waals surface area contributed by atoms with Crippen LogP contribution in [0, 0.1) is 6.92 Å². The van der Waals surface area contributed by atoms with Gasteiger partial charge >= 0.3 is 0 Å². The summed E-state index contributed by atoms with van der Waals surface area (Å²) in [6, 6.07) is 14.8. The van der Waals surface area contributed by atoms with Gasteiger partial charge < -0.3 is 5.32 Å². The zero-order valence-electron chi connectivity index (χ0n) is 14.8. The fourth-order valence-electron chi connectivity index (χ4n) is 3.04. The lowest BCUT2D eigenvalue weighted by atomic mass is 10.2. The maximum atomic E-state index is 12.2. The number of thiophene rings is 1. The molecule has 7 nitrogen and oxygen atoms in total. The highest BCUT2D eigenvalue weighted by Gasteiger charge is 2.16. The molecule has 0 saturated carbocycles. The van der Waals surface area contributed by atoms with Gasteiger partial charge in [-0.2, -0.15) is 4.52 Å². The van der Waals surface area contributed by atoms with E-state index in [9.17, 15) is 4.79 Å². The molecule has 0 aliphatic carbocycles. The van der Waals surface area contributed by atoms with E-state index in [-0.39, 0.29) is 5.56 Å². The standard InChI is InChI=1S/C20H14N6OS/c1-12-13(9-11-28-12)17-24-18-14-6-2-3-7-15(14)22-20(26(18)25-17)23-16-8-4-5-10-21-19(16)27/h2-11H,1H3,(H,21,22,23,27). The highest BCUT2D eigenvalue weighted by molar-refractivity contribution is 7.10. The van der Waals surface area contributed by atoms with Gasteiger partial charge in [0.1, 0.15) is 5.69 Å². The Balaban J connectivity index is 1.78. The van der Waals surface area contributed by atoms with Crippen LogP contribution < -0.4 is 10.9 Å². The second-order valence-electron chi connectivity index (χ2n) is 6.19. The van der Waals surface area contributed by atoms with E-state index in [1.165, 1.54) is 6.20 Å². The molecule has 4 heterocycles. The van der Waals surface area contributed by atoms with Crippen LogP contribution in [-0.2, 0) is 0 Å². The highest BCUT2D eigenvalue weighted by Crippen LogP contribution is 2.28. The number of hydrogen-bond donors (Lipinski definition) is 1. The summed E-state index contributed by atoms with van der Waals surface area (Å²) in [5.74, 6) is 1.03. The Labute approximate surface area is 163 Å². The molecule has 0 saturated heterocycles. The van der Waals surface area contributed by atoms with Gasteiger partial charge in [-0.1, -0.05) is 18.2 Å². The molecule has 5 aromatic rings. The molecule has 0 fully saturated rings. The van der Waals surface area contributed by atoms with Gasteiger partial charge in [-0.25, -0.2) is 15.0 Å². The van der Waals surface area contributed by atoms with E-state index < -0.39 is 0 Å². The molecule has 0 radical (unpaired) electrons. The monoisotopic (exact) mass is 386 g/mol. The number of aromatic nitrogens is 5. The van der Waals surface area contributed by atoms with Crippen molar-refractivity contribution < 1.29 is 0 Å². The maximum Gasteiger partial charge on any atom is 0.293 e. The predicted molar refractivity (Wildman–Crippen MR) is 110 cm³/mol. The molecule has 136 valence electrons. The first-order valence-corrected chi connectivity index (χ1v) is 9.51. The average Bonchev–Trinajstić information content (AvgIpc) is 3.27. The van der Waals surface area contributed by atoms with Crippen molar-refractivity contribution >= 4 is 39.5 Å². The van der Waals surface area contributed by atoms with Crippen LogP contribution in [0.2, 0.25) is 0 Å². The van der Waals surface area contributed by atoms with Crippen molar-refractivity contribution in [1.29, 1.82) is 0 Å². The average molecular weight is 386 g/mol. The number of hydrogen-bond acceptors (Lipinski definition) is 7.